The highest BCUT2D eigenvalue weighted by Crippen LogP contribution is 2.30. The molecule has 0 aliphatic carbocycles. The van der Waals surface area contributed by atoms with Gasteiger partial charge in [-0.05, 0) is 19.3 Å². The minimum Gasteiger partial charge on any atom is -0.378 e. The average molecular weight is 256 g/mol. The van der Waals surface area contributed by atoms with Crippen molar-refractivity contribution in [2.45, 2.75) is 103 Å². The Labute approximate surface area is 116 Å². The number of rotatable bonds is 13. The first-order valence-electron chi connectivity index (χ1n) is 8.29. The van der Waals surface area contributed by atoms with Crippen LogP contribution in [0.4, 0.5) is 0 Å². The topological polar surface area (TPSA) is 9.23 Å². The van der Waals surface area contributed by atoms with E-state index in [-0.39, 0.29) is 5.60 Å². The highest BCUT2D eigenvalue weighted by Gasteiger charge is 2.27. The minimum atomic E-state index is 0.191. The molecular weight excluding hydrogens is 220 g/mol. The monoisotopic (exact) mass is 256 g/mol. The molecule has 0 aromatic heterocycles. The van der Waals surface area contributed by atoms with Gasteiger partial charge in [0.2, 0.25) is 0 Å². The Kier molecular flexibility index (Phi) is 12.0. The molecule has 18 heavy (non-hydrogen) atoms. The van der Waals surface area contributed by atoms with Gasteiger partial charge in [0.15, 0.2) is 0 Å². The van der Waals surface area contributed by atoms with Gasteiger partial charge in [0.25, 0.3) is 0 Å². The largest absolute Gasteiger partial charge is 0.378 e. The van der Waals surface area contributed by atoms with Crippen LogP contribution in [0.25, 0.3) is 0 Å². The maximum Gasteiger partial charge on any atom is 0.0678 e. The van der Waals surface area contributed by atoms with Gasteiger partial charge in [-0.2, -0.15) is 0 Å². The third kappa shape index (κ3) is 8.13. The number of hydrogen-bond donors (Lipinski definition) is 0. The maximum absolute atomic E-state index is 5.93. The summed E-state index contributed by atoms with van der Waals surface area (Å²) in [6, 6.07) is 0. The van der Waals surface area contributed by atoms with Gasteiger partial charge in [0.05, 0.1) is 5.60 Å². The van der Waals surface area contributed by atoms with Crippen LogP contribution in [0.5, 0.6) is 0 Å². The van der Waals surface area contributed by atoms with E-state index >= 15 is 0 Å². The molecule has 0 rings (SSSR count). The van der Waals surface area contributed by atoms with Crippen LogP contribution < -0.4 is 0 Å². The molecule has 1 nitrogen and oxygen atoms in total. The van der Waals surface area contributed by atoms with Crippen LogP contribution in [0.2, 0.25) is 0 Å². The molecule has 0 aliphatic rings. The molecule has 0 saturated heterocycles. The first-order valence-corrected chi connectivity index (χ1v) is 8.29. The summed E-state index contributed by atoms with van der Waals surface area (Å²) < 4.78 is 5.93. The Morgan fingerprint density at radius 1 is 0.611 bits per heavy atom. The molecule has 0 amide bonds. The predicted molar refractivity (Wildman–Crippen MR) is 82.2 cm³/mol. The molecular formula is C17H36O. The molecule has 0 aliphatic heterocycles. The fraction of sp³-hybridized carbons (Fsp3) is 1.00. The van der Waals surface area contributed by atoms with Crippen molar-refractivity contribution in [3.63, 3.8) is 0 Å². The van der Waals surface area contributed by atoms with Crippen molar-refractivity contribution in [1.29, 1.82) is 0 Å². The fourth-order valence-electron chi connectivity index (χ4n) is 2.88. The van der Waals surface area contributed by atoms with E-state index in [9.17, 15) is 0 Å². The number of hydrogen-bond acceptors (Lipinski definition) is 1. The van der Waals surface area contributed by atoms with Crippen molar-refractivity contribution in [3.05, 3.63) is 0 Å². The summed E-state index contributed by atoms with van der Waals surface area (Å²) in [4.78, 5) is 0. The number of unbranched alkanes of at least 4 members (excludes halogenated alkanes) is 6. The number of ether oxygens (including phenoxy) is 1. The molecule has 0 bridgehead atoms. The third-order valence-corrected chi connectivity index (χ3v) is 4.11. The molecule has 0 N–H and O–H groups in total. The minimum absolute atomic E-state index is 0.191. The van der Waals surface area contributed by atoms with Gasteiger partial charge in [0.1, 0.15) is 0 Å². The van der Waals surface area contributed by atoms with Gasteiger partial charge in [0, 0.05) is 7.11 Å². The van der Waals surface area contributed by atoms with Crippen LogP contribution in [0.1, 0.15) is 97.8 Å². The molecule has 0 radical (unpaired) electrons. The van der Waals surface area contributed by atoms with Gasteiger partial charge >= 0.3 is 0 Å². The zero-order valence-electron chi connectivity index (χ0n) is 13.4. The van der Waals surface area contributed by atoms with E-state index in [1.807, 2.05) is 7.11 Å². The lowest BCUT2D eigenvalue weighted by atomic mass is 9.86. The second kappa shape index (κ2) is 12.0. The van der Waals surface area contributed by atoms with Gasteiger partial charge in [-0.15, -0.1) is 0 Å². The summed E-state index contributed by atoms with van der Waals surface area (Å²) in [5.41, 5.74) is 0.191. The zero-order valence-corrected chi connectivity index (χ0v) is 13.4. The summed E-state index contributed by atoms with van der Waals surface area (Å²) in [6.07, 6.45) is 15.9. The van der Waals surface area contributed by atoms with Crippen molar-refractivity contribution in [2.24, 2.45) is 0 Å². The lowest BCUT2D eigenvalue weighted by Crippen LogP contribution is -2.31. The standard InChI is InChI=1S/C17H36O/c1-5-8-10-11-13-16-17(18-4,14-7-3)15-12-9-6-2/h5-16H2,1-4H3. The van der Waals surface area contributed by atoms with E-state index in [1.54, 1.807) is 0 Å². The van der Waals surface area contributed by atoms with Gasteiger partial charge in [-0.3, -0.25) is 0 Å². The maximum atomic E-state index is 5.93. The van der Waals surface area contributed by atoms with Crippen molar-refractivity contribution < 1.29 is 4.74 Å². The summed E-state index contributed by atoms with van der Waals surface area (Å²) >= 11 is 0. The Balaban J connectivity index is 4.01. The van der Waals surface area contributed by atoms with Crippen molar-refractivity contribution in [1.82, 2.24) is 0 Å². The highest BCUT2D eigenvalue weighted by molar-refractivity contribution is 4.80. The molecule has 1 heteroatoms. The third-order valence-electron chi connectivity index (χ3n) is 4.11. The lowest BCUT2D eigenvalue weighted by Gasteiger charge is -2.33. The Bertz CT molecular complexity index is 167. The first-order chi connectivity index (χ1) is 8.74. The second-order valence-corrected chi connectivity index (χ2v) is 5.76. The van der Waals surface area contributed by atoms with Crippen molar-refractivity contribution in [3.8, 4) is 0 Å². The number of methoxy groups -OCH3 is 1. The molecule has 0 spiro atoms. The van der Waals surface area contributed by atoms with Crippen LogP contribution in [-0.4, -0.2) is 12.7 Å². The van der Waals surface area contributed by atoms with Crippen LogP contribution in [0.15, 0.2) is 0 Å². The van der Waals surface area contributed by atoms with E-state index in [2.05, 4.69) is 20.8 Å². The van der Waals surface area contributed by atoms with Gasteiger partial charge in [-0.1, -0.05) is 78.6 Å². The Hall–Kier alpha value is -0.0400. The Morgan fingerprint density at radius 2 is 1.11 bits per heavy atom. The normalized spacial score (nSPS) is 14.7. The molecule has 0 aromatic rings. The SMILES string of the molecule is CCCCCCCC(CCC)(CCCCC)OC. The van der Waals surface area contributed by atoms with E-state index < -0.39 is 0 Å². The highest BCUT2D eigenvalue weighted by atomic mass is 16.5. The summed E-state index contributed by atoms with van der Waals surface area (Å²) in [7, 11) is 1.92. The summed E-state index contributed by atoms with van der Waals surface area (Å²) in [6.45, 7) is 6.84. The molecule has 1 unspecified atom stereocenters. The summed E-state index contributed by atoms with van der Waals surface area (Å²) in [5, 5.41) is 0. The molecule has 0 aromatic carbocycles. The van der Waals surface area contributed by atoms with Gasteiger partial charge in [-0.25, -0.2) is 0 Å². The van der Waals surface area contributed by atoms with Crippen LogP contribution >= 0.6 is 0 Å². The van der Waals surface area contributed by atoms with Crippen molar-refractivity contribution in [2.75, 3.05) is 7.11 Å². The average Bonchev–Trinajstić information content (AvgIpc) is 2.38. The quantitative estimate of drug-likeness (QED) is 0.361. The van der Waals surface area contributed by atoms with E-state index in [4.69, 9.17) is 4.74 Å². The van der Waals surface area contributed by atoms with E-state index in [0.29, 0.717) is 0 Å². The summed E-state index contributed by atoms with van der Waals surface area (Å²) in [5.74, 6) is 0. The molecule has 0 heterocycles. The molecule has 1 atom stereocenters. The smallest absolute Gasteiger partial charge is 0.0678 e. The van der Waals surface area contributed by atoms with E-state index in [1.165, 1.54) is 77.0 Å². The molecule has 110 valence electrons. The fourth-order valence-corrected chi connectivity index (χ4v) is 2.88. The molecule has 0 saturated carbocycles. The lowest BCUT2D eigenvalue weighted by molar-refractivity contribution is -0.0352. The van der Waals surface area contributed by atoms with Gasteiger partial charge < -0.3 is 4.74 Å². The van der Waals surface area contributed by atoms with Crippen LogP contribution in [0, 0.1) is 0 Å². The Morgan fingerprint density at radius 3 is 1.61 bits per heavy atom. The molecule has 0 fully saturated rings. The van der Waals surface area contributed by atoms with Crippen LogP contribution in [-0.2, 0) is 4.74 Å². The van der Waals surface area contributed by atoms with E-state index in [0.717, 1.165) is 0 Å². The zero-order chi connectivity index (χ0) is 13.7. The first kappa shape index (κ1) is 18.0. The van der Waals surface area contributed by atoms with Crippen LogP contribution in [0.3, 0.4) is 0 Å². The second-order valence-electron chi connectivity index (χ2n) is 5.76. The predicted octanol–water partition coefficient (Wildman–Crippen LogP) is 6.11. The van der Waals surface area contributed by atoms with Crippen molar-refractivity contribution >= 4 is 0 Å².